The molecule has 0 radical (unpaired) electrons. The average molecular weight is 613 g/mol. The van der Waals surface area contributed by atoms with Gasteiger partial charge in [-0.05, 0) is 30.5 Å². The topological polar surface area (TPSA) is 26.5 Å². The predicted molar refractivity (Wildman–Crippen MR) is 184 cm³/mol. The van der Waals surface area contributed by atoms with Crippen molar-refractivity contribution in [3.8, 4) is 0 Å². The van der Waals surface area contributed by atoms with Gasteiger partial charge in [-0.2, -0.15) is 5.70 Å². The Kier molecular flexibility index (Phi) is 17.2. The van der Waals surface area contributed by atoms with Crippen molar-refractivity contribution in [1.82, 2.24) is 0 Å². The van der Waals surface area contributed by atoms with Crippen molar-refractivity contribution in [1.29, 1.82) is 0 Å². The minimum absolute atomic E-state index is 0. The number of nitrogens with zero attached hydrogens (tertiary/aromatic N) is 2. The van der Waals surface area contributed by atoms with Gasteiger partial charge in [0.25, 0.3) is 0 Å². The standard InChI is InChI=1S/C19H21N2.C14H12.C7H8.Cu/c1-16(20-14-18-9-5-3-6-10-18)13-17(2)21-15-19-11-7-4-8-12-19;1-3-7-13(8-4-1)11-12-14-9-5-2-6-10-14;1-7-5-3-2-4-6-7;/h3-13H,14-15H2,1-2H3;1-12H;2-6H,1H3;/q-1;;;+1/b16-13-,21-17?;12-11+;;. The van der Waals surface area contributed by atoms with Crippen LogP contribution in [0.3, 0.4) is 0 Å². The van der Waals surface area contributed by atoms with Crippen LogP contribution in [0.4, 0.5) is 0 Å². The Morgan fingerprint density at radius 2 is 0.953 bits per heavy atom. The summed E-state index contributed by atoms with van der Waals surface area (Å²) in [5, 5.41) is 4.57. The van der Waals surface area contributed by atoms with Crippen molar-refractivity contribution >= 4 is 17.9 Å². The van der Waals surface area contributed by atoms with Gasteiger partial charge in [0.15, 0.2) is 0 Å². The van der Waals surface area contributed by atoms with Gasteiger partial charge in [0.05, 0.1) is 6.54 Å². The van der Waals surface area contributed by atoms with Crippen molar-refractivity contribution in [2.75, 3.05) is 0 Å². The van der Waals surface area contributed by atoms with E-state index in [2.05, 4.69) is 90.0 Å². The molecule has 5 rings (SSSR count). The maximum atomic E-state index is 4.57. The third-order valence-corrected chi connectivity index (χ3v) is 6.13. The summed E-state index contributed by atoms with van der Waals surface area (Å²) in [6.45, 7) is 7.55. The molecule has 0 atom stereocenters. The summed E-state index contributed by atoms with van der Waals surface area (Å²) < 4.78 is 0. The van der Waals surface area contributed by atoms with Crippen LogP contribution in [0, 0.1) is 6.92 Å². The zero-order chi connectivity index (χ0) is 29.7. The number of benzene rings is 5. The molecule has 0 aliphatic heterocycles. The smallest absolute Gasteiger partial charge is 0.684 e. The van der Waals surface area contributed by atoms with Crippen molar-refractivity contribution in [3.63, 3.8) is 0 Å². The maximum Gasteiger partial charge on any atom is 1.00 e. The van der Waals surface area contributed by atoms with Crippen LogP contribution in [0.25, 0.3) is 17.5 Å². The Morgan fingerprint density at radius 3 is 1.37 bits per heavy atom. The second-order valence-electron chi connectivity index (χ2n) is 9.84. The number of aryl methyl sites for hydroxylation is 1. The van der Waals surface area contributed by atoms with Crippen LogP contribution in [0.15, 0.2) is 168 Å². The molecule has 0 unspecified atom stereocenters. The Morgan fingerprint density at radius 1 is 0.558 bits per heavy atom. The summed E-state index contributed by atoms with van der Waals surface area (Å²) in [4.78, 5) is 4.57. The fourth-order valence-electron chi connectivity index (χ4n) is 3.85. The van der Waals surface area contributed by atoms with Crippen LogP contribution in [-0.4, -0.2) is 5.71 Å². The molecule has 0 aromatic heterocycles. The summed E-state index contributed by atoms with van der Waals surface area (Å²) in [5.41, 5.74) is 8.25. The fraction of sp³-hybridized carbons (Fsp3) is 0.125. The summed E-state index contributed by atoms with van der Waals surface area (Å²) in [5.74, 6) is 0. The van der Waals surface area contributed by atoms with Crippen molar-refractivity contribution in [3.05, 3.63) is 197 Å². The van der Waals surface area contributed by atoms with Gasteiger partial charge in [-0.3, -0.25) is 4.99 Å². The molecule has 222 valence electrons. The van der Waals surface area contributed by atoms with Crippen LogP contribution in [0.5, 0.6) is 0 Å². The zero-order valence-corrected chi connectivity index (χ0v) is 26.2. The Bertz CT molecular complexity index is 1440. The van der Waals surface area contributed by atoms with Crippen molar-refractivity contribution < 1.29 is 17.1 Å². The molecule has 0 bridgehead atoms. The van der Waals surface area contributed by atoms with Gasteiger partial charge < -0.3 is 5.32 Å². The summed E-state index contributed by atoms with van der Waals surface area (Å²) >= 11 is 0. The van der Waals surface area contributed by atoms with Gasteiger partial charge in [0, 0.05) is 5.71 Å². The minimum atomic E-state index is 0. The monoisotopic (exact) mass is 612 g/mol. The molecule has 43 heavy (non-hydrogen) atoms. The average Bonchev–Trinajstić information content (AvgIpc) is 3.05. The van der Waals surface area contributed by atoms with Crippen LogP contribution in [0.1, 0.15) is 41.7 Å². The Hall–Kier alpha value is -4.43. The molecule has 0 aliphatic carbocycles. The van der Waals surface area contributed by atoms with Crippen molar-refractivity contribution in [2.24, 2.45) is 4.99 Å². The van der Waals surface area contributed by atoms with Crippen LogP contribution in [0.2, 0.25) is 0 Å². The minimum Gasteiger partial charge on any atom is -0.684 e. The third-order valence-electron chi connectivity index (χ3n) is 6.13. The first-order valence-electron chi connectivity index (χ1n) is 14.3. The predicted octanol–water partition coefficient (Wildman–Crippen LogP) is 11.0. The number of rotatable bonds is 8. The van der Waals surface area contributed by atoms with E-state index in [1.54, 1.807) is 0 Å². The van der Waals surface area contributed by atoms with E-state index in [9.17, 15) is 0 Å². The van der Waals surface area contributed by atoms with Gasteiger partial charge >= 0.3 is 17.1 Å². The summed E-state index contributed by atoms with van der Waals surface area (Å²) in [6.07, 6.45) is 6.27. The summed E-state index contributed by atoms with van der Waals surface area (Å²) in [7, 11) is 0. The van der Waals surface area contributed by atoms with E-state index in [0.29, 0.717) is 0 Å². The van der Waals surface area contributed by atoms with E-state index in [-0.39, 0.29) is 17.1 Å². The van der Waals surface area contributed by atoms with E-state index in [1.807, 2.05) is 111 Å². The number of aliphatic imine (C=N–C) groups is 1. The molecule has 2 nitrogen and oxygen atoms in total. The molecule has 0 amide bonds. The number of allylic oxidation sites excluding steroid dienone is 2. The zero-order valence-electron chi connectivity index (χ0n) is 25.3. The fourth-order valence-corrected chi connectivity index (χ4v) is 3.85. The van der Waals surface area contributed by atoms with E-state index in [0.717, 1.165) is 24.5 Å². The third kappa shape index (κ3) is 16.0. The molecule has 0 fully saturated rings. The molecule has 0 spiro atoms. The van der Waals surface area contributed by atoms with Gasteiger partial charge in [-0.25, -0.2) is 0 Å². The van der Waals surface area contributed by atoms with Crippen molar-refractivity contribution in [2.45, 2.75) is 33.9 Å². The van der Waals surface area contributed by atoms with Gasteiger partial charge in [0.1, 0.15) is 0 Å². The molecule has 0 aliphatic rings. The second-order valence-corrected chi connectivity index (χ2v) is 9.84. The molecule has 3 heteroatoms. The number of hydrogen-bond donors (Lipinski definition) is 0. The first-order chi connectivity index (χ1) is 20.6. The Balaban J connectivity index is 0.000000251. The molecule has 5 aromatic rings. The Labute approximate surface area is 269 Å². The molecule has 0 saturated carbocycles. The van der Waals surface area contributed by atoms with E-state index >= 15 is 0 Å². The van der Waals surface area contributed by atoms with Gasteiger partial charge in [-0.15, -0.1) is 6.54 Å². The largest absolute Gasteiger partial charge is 1.00 e. The second kappa shape index (κ2) is 21.3. The molecular weight excluding hydrogens is 572 g/mol. The first kappa shape index (κ1) is 34.8. The molecular formula is C40H41CuN2. The first-order valence-corrected chi connectivity index (χ1v) is 14.3. The quantitative estimate of drug-likeness (QED) is 0.0946. The number of hydrogen-bond acceptors (Lipinski definition) is 1. The normalized spacial score (nSPS) is 10.9. The van der Waals surface area contributed by atoms with Gasteiger partial charge in [0.2, 0.25) is 0 Å². The SMILES string of the molecule is C(=C\c1ccccc1)/c1ccccc1.CC(/C=C(/C)[N-]Cc1ccccc1)=NCc1ccccc1.Cc1ccccc1.[Cu+]. The van der Waals surface area contributed by atoms with Crippen LogP contribution >= 0.6 is 0 Å². The van der Waals surface area contributed by atoms with E-state index in [1.165, 1.54) is 27.8 Å². The van der Waals surface area contributed by atoms with Crippen LogP contribution in [-0.2, 0) is 30.2 Å². The molecule has 0 heterocycles. The summed E-state index contributed by atoms with van der Waals surface area (Å²) in [6, 6.07) is 51.4. The maximum absolute atomic E-state index is 4.57. The molecule has 0 saturated heterocycles. The van der Waals surface area contributed by atoms with E-state index in [4.69, 9.17) is 0 Å². The molecule has 0 N–H and O–H groups in total. The molecule has 5 aromatic carbocycles. The van der Waals surface area contributed by atoms with E-state index < -0.39 is 0 Å². The van der Waals surface area contributed by atoms with Gasteiger partial charge in [-0.1, -0.05) is 188 Å². The van der Waals surface area contributed by atoms with Crippen LogP contribution < -0.4 is 0 Å².